The molecule has 1 fully saturated rings. The Bertz CT molecular complexity index is 1330. The summed E-state index contributed by atoms with van der Waals surface area (Å²) < 4.78 is 7.25. The molecule has 0 spiro atoms. The summed E-state index contributed by atoms with van der Waals surface area (Å²) in [5.41, 5.74) is 2.92. The average Bonchev–Trinajstić information content (AvgIpc) is 3.34. The molecule has 9 heteroatoms. The molecule has 1 saturated heterocycles. The fourth-order valence-corrected chi connectivity index (χ4v) is 4.36. The van der Waals surface area contributed by atoms with Gasteiger partial charge >= 0.3 is 6.09 Å². The van der Waals surface area contributed by atoms with Crippen LogP contribution in [-0.2, 0) is 22.6 Å². The minimum absolute atomic E-state index is 0.0598. The van der Waals surface area contributed by atoms with E-state index in [-0.39, 0.29) is 12.5 Å². The highest BCUT2D eigenvalue weighted by molar-refractivity contribution is 5.90. The number of carbonyl (C=O) groups excluding carboxylic acids is 2. The van der Waals surface area contributed by atoms with E-state index in [9.17, 15) is 9.59 Å². The van der Waals surface area contributed by atoms with Gasteiger partial charge in [-0.05, 0) is 45.0 Å². The second-order valence-corrected chi connectivity index (χ2v) is 9.67. The number of nitrogens with zero attached hydrogens (tertiary/aromatic N) is 5. The first-order chi connectivity index (χ1) is 16.3. The number of ether oxygens (including phenoxy) is 1. The highest BCUT2D eigenvalue weighted by Gasteiger charge is 2.27. The van der Waals surface area contributed by atoms with E-state index in [0.29, 0.717) is 26.2 Å². The van der Waals surface area contributed by atoms with Crippen molar-refractivity contribution < 1.29 is 14.3 Å². The summed E-state index contributed by atoms with van der Waals surface area (Å²) in [6.45, 7) is 8.15. The van der Waals surface area contributed by atoms with Gasteiger partial charge in [-0.15, -0.1) is 0 Å². The van der Waals surface area contributed by atoms with Crippen LogP contribution in [0, 0.1) is 0 Å². The Balaban J connectivity index is 1.31. The number of hydrogen-bond acceptors (Lipinski definition) is 6. The lowest BCUT2D eigenvalue weighted by Gasteiger charge is -2.34. The Kier molecular flexibility index (Phi) is 5.57. The number of rotatable bonds is 4. The van der Waals surface area contributed by atoms with E-state index in [1.807, 2.05) is 56.1 Å². The minimum atomic E-state index is -0.613. The summed E-state index contributed by atoms with van der Waals surface area (Å²) in [5, 5.41) is 1.90. The van der Waals surface area contributed by atoms with E-state index in [2.05, 4.69) is 19.9 Å². The summed E-state index contributed by atoms with van der Waals surface area (Å²) in [4.78, 5) is 41.6. The summed E-state index contributed by atoms with van der Waals surface area (Å²) in [7, 11) is 0. The van der Waals surface area contributed by atoms with Crippen LogP contribution < -0.4 is 0 Å². The van der Waals surface area contributed by atoms with E-state index in [0.717, 1.165) is 33.2 Å². The van der Waals surface area contributed by atoms with Crippen molar-refractivity contribution in [2.75, 3.05) is 19.6 Å². The van der Waals surface area contributed by atoms with Gasteiger partial charge in [-0.3, -0.25) is 19.7 Å². The van der Waals surface area contributed by atoms with Crippen LogP contribution in [0.1, 0.15) is 32.2 Å². The van der Waals surface area contributed by atoms with Crippen LogP contribution in [0.25, 0.3) is 21.8 Å². The van der Waals surface area contributed by atoms with Crippen LogP contribution in [0.2, 0.25) is 0 Å². The molecule has 5 rings (SSSR count). The molecule has 0 aliphatic carbocycles. The van der Waals surface area contributed by atoms with Gasteiger partial charge in [-0.1, -0.05) is 0 Å². The van der Waals surface area contributed by atoms with E-state index in [1.54, 1.807) is 23.2 Å². The van der Waals surface area contributed by atoms with Gasteiger partial charge < -0.3 is 14.6 Å². The molecule has 0 atom stereocenters. The summed E-state index contributed by atoms with van der Waals surface area (Å²) >= 11 is 0. The van der Waals surface area contributed by atoms with Crippen LogP contribution in [0.5, 0.6) is 0 Å². The molecule has 5 heterocycles. The fraction of sp³-hybridized carbons (Fsp3) is 0.360. The van der Waals surface area contributed by atoms with Crippen molar-refractivity contribution in [2.24, 2.45) is 0 Å². The SMILES string of the molecule is CC(C)(C)OC(=O)n1c(CN2CCN(Cc3cc4cnccc4[nH]3)C(=O)C2)cc2cnccc21. The van der Waals surface area contributed by atoms with Crippen molar-refractivity contribution in [3.05, 3.63) is 60.4 Å². The monoisotopic (exact) mass is 460 g/mol. The highest BCUT2D eigenvalue weighted by atomic mass is 16.6. The van der Waals surface area contributed by atoms with Crippen molar-refractivity contribution in [3.8, 4) is 0 Å². The molecule has 9 nitrogen and oxygen atoms in total. The molecule has 1 aliphatic heterocycles. The number of fused-ring (bicyclic) bond motifs is 2. The first-order valence-corrected chi connectivity index (χ1v) is 11.4. The molecule has 4 aromatic rings. The molecule has 0 bridgehead atoms. The smallest absolute Gasteiger partial charge is 0.419 e. The molecule has 1 aliphatic rings. The zero-order chi connectivity index (χ0) is 23.9. The van der Waals surface area contributed by atoms with E-state index >= 15 is 0 Å². The number of pyridine rings is 2. The maximum atomic E-state index is 13.0. The molecule has 0 radical (unpaired) electrons. The van der Waals surface area contributed by atoms with Gasteiger partial charge in [0.25, 0.3) is 0 Å². The Morgan fingerprint density at radius 2 is 1.82 bits per heavy atom. The van der Waals surface area contributed by atoms with Crippen LogP contribution in [-0.4, -0.2) is 66.6 Å². The molecule has 176 valence electrons. The third-order valence-electron chi connectivity index (χ3n) is 5.88. The Labute approximate surface area is 197 Å². The van der Waals surface area contributed by atoms with Crippen molar-refractivity contribution >= 4 is 33.8 Å². The zero-order valence-electron chi connectivity index (χ0n) is 19.6. The standard InChI is InChI=1S/C25H28N6O3/c1-25(2,3)34-24(33)31-20(11-18-13-27-7-5-22(18)31)15-29-8-9-30(23(32)16-29)14-19-10-17-12-26-6-4-21(17)28-19/h4-7,10-13,28H,8-9,14-16H2,1-3H3. The minimum Gasteiger partial charge on any atom is -0.443 e. The number of piperazine rings is 1. The quantitative estimate of drug-likeness (QED) is 0.500. The topological polar surface area (TPSA) is 96.4 Å². The summed E-state index contributed by atoms with van der Waals surface area (Å²) in [6, 6.07) is 7.72. The third-order valence-corrected chi connectivity index (χ3v) is 5.88. The van der Waals surface area contributed by atoms with Crippen molar-refractivity contribution in [3.63, 3.8) is 0 Å². The van der Waals surface area contributed by atoms with Crippen LogP contribution in [0.3, 0.4) is 0 Å². The number of aromatic nitrogens is 4. The van der Waals surface area contributed by atoms with Crippen molar-refractivity contribution in [2.45, 2.75) is 39.5 Å². The first-order valence-electron chi connectivity index (χ1n) is 11.4. The number of nitrogens with one attached hydrogen (secondary N) is 1. The first kappa shape index (κ1) is 22.1. The third kappa shape index (κ3) is 4.51. The van der Waals surface area contributed by atoms with Gasteiger partial charge in [0.15, 0.2) is 0 Å². The van der Waals surface area contributed by atoms with Gasteiger partial charge in [0.1, 0.15) is 5.60 Å². The van der Waals surface area contributed by atoms with Gasteiger partial charge in [-0.2, -0.15) is 0 Å². The van der Waals surface area contributed by atoms with Gasteiger partial charge in [0.2, 0.25) is 5.91 Å². The lowest BCUT2D eigenvalue weighted by Crippen LogP contribution is -2.49. The van der Waals surface area contributed by atoms with E-state index < -0.39 is 11.7 Å². The second-order valence-electron chi connectivity index (χ2n) is 9.67. The number of amides is 1. The Morgan fingerprint density at radius 1 is 1.06 bits per heavy atom. The molecular weight excluding hydrogens is 432 g/mol. The van der Waals surface area contributed by atoms with E-state index in [1.165, 1.54) is 0 Å². The molecule has 1 amide bonds. The maximum absolute atomic E-state index is 13.0. The summed E-state index contributed by atoms with van der Waals surface area (Å²) in [5.74, 6) is 0.0598. The molecule has 1 N–H and O–H groups in total. The number of carbonyl (C=O) groups is 2. The zero-order valence-corrected chi connectivity index (χ0v) is 19.6. The lowest BCUT2D eigenvalue weighted by atomic mass is 10.2. The molecule has 34 heavy (non-hydrogen) atoms. The van der Waals surface area contributed by atoms with Crippen LogP contribution in [0.15, 0.2) is 49.1 Å². The number of H-pyrrole nitrogens is 1. The molecule has 0 unspecified atom stereocenters. The van der Waals surface area contributed by atoms with E-state index in [4.69, 9.17) is 4.74 Å². The average molecular weight is 461 g/mol. The van der Waals surface area contributed by atoms with Gasteiger partial charge in [-0.25, -0.2) is 9.36 Å². The number of hydrogen-bond donors (Lipinski definition) is 1. The molecule has 0 saturated carbocycles. The second kappa shape index (κ2) is 8.57. The number of aromatic amines is 1. The largest absolute Gasteiger partial charge is 0.443 e. The fourth-order valence-electron chi connectivity index (χ4n) is 4.36. The Hall–Kier alpha value is -3.72. The predicted molar refractivity (Wildman–Crippen MR) is 128 cm³/mol. The Morgan fingerprint density at radius 3 is 2.56 bits per heavy atom. The normalized spacial score (nSPS) is 15.4. The molecule has 0 aromatic carbocycles. The molecular formula is C25H28N6O3. The van der Waals surface area contributed by atoms with Crippen LogP contribution in [0.4, 0.5) is 4.79 Å². The van der Waals surface area contributed by atoms with Crippen LogP contribution >= 0.6 is 0 Å². The van der Waals surface area contributed by atoms with Gasteiger partial charge in [0.05, 0.1) is 18.6 Å². The maximum Gasteiger partial charge on any atom is 0.419 e. The summed E-state index contributed by atoms with van der Waals surface area (Å²) in [6.07, 6.45) is 6.53. The lowest BCUT2D eigenvalue weighted by molar-refractivity contribution is -0.137. The highest BCUT2D eigenvalue weighted by Crippen LogP contribution is 2.23. The van der Waals surface area contributed by atoms with Crippen molar-refractivity contribution in [1.82, 2.24) is 29.3 Å². The van der Waals surface area contributed by atoms with Gasteiger partial charge in [0, 0.05) is 72.1 Å². The molecule has 4 aromatic heterocycles. The predicted octanol–water partition coefficient (Wildman–Crippen LogP) is 3.54. The van der Waals surface area contributed by atoms with Crippen molar-refractivity contribution in [1.29, 1.82) is 0 Å².